The van der Waals surface area contributed by atoms with Gasteiger partial charge in [-0.05, 0) is 66.6 Å². The van der Waals surface area contributed by atoms with E-state index in [1.807, 2.05) is 76.8 Å². The molecule has 0 radical (unpaired) electrons. The highest BCUT2D eigenvalue weighted by Crippen LogP contribution is 2.40. The fraction of sp³-hybridized carbons (Fsp3) is 0.533. The van der Waals surface area contributed by atoms with E-state index in [0.29, 0.717) is 17.9 Å². The molecule has 1 saturated heterocycles. The van der Waals surface area contributed by atoms with Gasteiger partial charge >= 0.3 is 0 Å². The van der Waals surface area contributed by atoms with Crippen LogP contribution in [0.15, 0.2) is 30.3 Å². The summed E-state index contributed by atoms with van der Waals surface area (Å²) in [5.41, 5.74) is 3.40. The largest absolute Gasteiger partial charge is 0.507 e. The van der Waals surface area contributed by atoms with Crippen LogP contribution in [0.4, 0.5) is 0 Å². The van der Waals surface area contributed by atoms with Gasteiger partial charge in [0.2, 0.25) is 0 Å². The molecule has 0 aliphatic carbocycles. The number of phenols is 1. The van der Waals surface area contributed by atoms with Gasteiger partial charge in [-0.1, -0.05) is 41.5 Å². The van der Waals surface area contributed by atoms with Gasteiger partial charge in [0.1, 0.15) is 23.4 Å². The second kappa shape index (κ2) is 10.8. The summed E-state index contributed by atoms with van der Waals surface area (Å²) >= 11 is 0. The minimum absolute atomic E-state index is 0. The molecule has 0 bridgehead atoms. The Morgan fingerprint density at radius 3 is 2.14 bits per heavy atom. The topological polar surface area (TPSA) is 76.9 Å². The minimum atomic E-state index is -0.304. The highest BCUT2D eigenvalue weighted by Gasteiger charge is 2.30. The summed E-state index contributed by atoms with van der Waals surface area (Å²) in [6, 6.07) is 9.58. The van der Waals surface area contributed by atoms with E-state index in [2.05, 4.69) is 11.9 Å². The fourth-order valence-corrected chi connectivity index (χ4v) is 5.09. The molecule has 7 heteroatoms. The minimum Gasteiger partial charge on any atom is -0.507 e. The van der Waals surface area contributed by atoms with Gasteiger partial charge in [-0.2, -0.15) is 0 Å². The number of phenolic OH excluding ortho intramolecular Hbond substituents is 1. The van der Waals surface area contributed by atoms with Crippen LogP contribution in [0.3, 0.4) is 0 Å². The molecule has 37 heavy (non-hydrogen) atoms. The number of rotatable bonds is 5. The van der Waals surface area contributed by atoms with Gasteiger partial charge in [-0.25, -0.2) is 0 Å². The molecular weight excluding hydrogens is 530 g/mol. The lowest BCUT2D eigenvalue weighted by molar-refractivity contribution is 0.0962. The normalized spacial score (nSPS) is 16.9. The number of nitrogens with one attached hydrogen (secondary N) is 1. The van der Waals surface area contributed by atoms with Gasteiger partial charge < -0.3 is 19.6 Å². The standard InChI is InChI=1S/C30H41N3O3.BrH/c1-29(2,3)24-15-19(16-25(27(24)35)30(4,5)6)26(34)18-33-17-20-14-22(8-9-23(20)28(33)31)36-21-10-12-32(7)13-11-21;/h8-9,14-16,21,31,35H,10-13,17-18H2,1-7H3;1H. The Morgan fingerprint density at radius 1 is 1.03 bits per heavy atom. The van der Waals surface area contributed by atoms with E-state index in [9.17, 15) is 9.90 Å². The number of aromatic hydroxyl groups is 1. The Hall–Kier alpha value is -2.38. The van der Waals surface area contributed by atoms with Gasteiger partial charge in [0, 0.05) is 41.9 Å². The van der Waals surface area contributed by atoms with E-state index < -0.39 is 0 Å². The maximum atomic E-state index is 13.5. The van der Waals surface area contributed by atoms with Gasteiger partial charge in [0.05, 0.1) is 6.54 Å². The van der Waals surface area contributed by atoms with Crippen molar-refractivity contribution >= 4 is 28.6 Å². The van der Waals surface area contributed by atoms with E-state index >= 15 is 0 Å². The number of Topliss-reactive ketones (excluding diaryl/α,β-unsaturated/α-hetero) is 1. The molecule has 2 aliphatic rings. The molecular formula is C30H42BrN3O3. The van der Waals surface area contributed by atoms with Crippen LogP contribution in [0.2, 0.25) is 0 Å². The molecule has 1 fully saturated rings. The number of carbonyl (C=O) groups is 1. The van der Waals surface area contributed by atoms with E-state index in [-0.39, 0.29) is 52.0 Å². The number of ether oxygens (including phenoxy) is 1. The summed E-state index contributed by atoms with van der Waals surface area (Å²) in [5, 5.41) is 19.7. The molecule has 2 aromatic carbocycles. The maximum Gasteiger partial charge on any atom is 0.182 e. The smallest absolute Gasteiger partial charge is 0.182 e. The predicted molar refractivity (Wildman–Crippen MR) is 155 cm³/mol. The SMILES string of the molecule is Br.CN1CCC(Oc2ccc3c(c2)CN(CC(=O)c2cc(C(C)(C)C)c(O)c(C(C)(C)C)c2)C3=N)CC1. The number of piperidine rings is 1. The third-order valence-electron chi connectivity index (χ3n) is 7.36. The molecule has 2 N–H and O–H groups in total. The molecule has 0 atom stereocenters. The molecule has 2 heterocycles. The van der Waals surface area contributed by atoms with Gasteiger partial charge in [0.15, 0.2) is 5.78 Å². The molecule has 0 aromatic heterocycles. The lowest BCUT2D eigenvalue weighted by Gasteiger charge is -2.29. The van der Waals surface area contributed by atoms with Crippen molar-refractivity contribution in [2.75, 3.05) is 26.7 Å². The number of hydrogen-bond acceptors (Lipinski definition) is 5. The van der Waals surface area contributed by atoms with Crippen molar-refractivity contribution in [2.24, 2.45) is 0 Å². The second-order valence-corrected chi connectivity index (χ2v) is 12.5. The number of amidine groups is 1. The first kappa shape index (κ1) is 29.2. The van der Waals surface area contributed by atoms with Gasteiger partial charge in [0.25, 0.3) is 0 Å². The van der Waals surface area contributed by atoms with Crippen LogP contribution in [-0.4, -0.2) is 59.3 Å². The molecule has 0 spiro atoms. The highest BCUT2D eigenvalue weighted by atomic mass is 79.9. The van der Waals surface area contributed by atoms with Crippen LogP contribution in [0.5, 0.6) is 11.5 Å². The number of hydrogen-bond donors (Lipinski definition) is 2. The van der Waals surface area contributed by atoms with Crippen LogP contribution in [-0.2, 0) is 17.4 Å². The Bertz CT molecular complexity index is 1140. The number of carbonyl (C=O) groups excluding carboxylic acids is 1. The van der Waals surface area contributed by atoms with Crippen molar-refractivity contribution in [3.63, 3.8) is 0 Å². The fourth-order valence-electron chi connectivity index (χ4n) is 5.09. The van der Waals surface area contributed by atoms with Crippen molar-refractivity contribution in [1.82, 2.24) is 9.80 Å². The van der Waals surface area contributed by atoms with Crippen LogP contribution in [0.1, 0.15) is 87.0 Å². The predicted octanol–water partition coefficient (Wildman–Crippen LogP) is 6.06. The summed E-state index contributed by atoms with van der Waals surface area (Å²) in [6.07, 6.45) is 2.26. The molecule has 0 saturated carbocycles. The monoisotopic (exact) mass is 571 g/mol. The van der Waals surface area contributed by atoms with E-state index in [1.54, 1.807) is 0 Å². The van der Waals surface area contributed by atoms with E-state index in [1.165, 1.54) is 0 Å². The zero-order valence-electron chi connectivity index (χ0n) is 23.3. The highest BCUT2D eigenvalue weighted by molar-refractivity contribution is 8.93. The first-order valence-electron chi connectivity index (χ1n) is 13.0. The number of fused-ring (bicyclic) bond motifs is 1. The van der Waals surface area contributed by atoms with Crippen molar-refractivity contribution in [3.05, 3.63) is 58.1 Å². The van der Waals surface area contributed by atoms with Crippen molar-refractivity contribution < 1.29 is 14.6 Å². The maximum absolute atomic E-state index is 13.5. The summed E-state index contributed by atoms with van der Waals surface area (Å²) in [7, 11) is 2.14. The molecule has 0 unspecified atom stereocenters. The Labute approximate surface area is 232 Å². The number of nitrogens with zero attached hydrogens (tertiary/aromatic N) is 2. The van der Waals surface area contributed by atoms with Crippen LogP contribution < -0.4 is 4.74 Å². The third-order valence-corrected chi connectivity index (χ3v) is 7.36. The zero-order chi connectivity index (χ0) is 26.4. The average Bonchev–Trinajstić information content (AvgIpc) is 3.08. The van der Waals surface area contributed by atoms with Crippen LogP contribution >= 0.6 is 17.0 Å². The Balaban J connectivity index is 0.00000380. The number of likely N-dealkylation sites (tertiary alicyclic amines) is 1. The third kappa shape index (κ3) is 6.37. The van der Waals surface area contributed by atoms with Crippen molar-refractivity contribution in [2.45, 2.75) is 77.9 Å². The lowest BCUT2D eigenvalue weighted by Crippen LogP contribution is -2.35. The summed E-state index contributed by atoms with van der Waals surface area (Å²) < 4.78 is 6.24. The molecule has 2 aliphatic heterocycles. The molecule has 0 amide bonds. The van der Waals surface area contributed by atoms with E-state index in [4.69, 9.17) is 10.1 Å². The summed E-state index contributed by atoms with van der Waals surface area (Å²) in [6.45, 7) is 15.0. The van der Waals surface area contributed by atoms with Gasteiger partial charge in [-0.15, -0.1) is 17.0 Å². The van der Waals surface area contributed by atoms with Crippen LogP contribution in [0, 0.1) is 5.41 Å². The quantitative estimate of drug-likeness (QED) is 0.426. The van der Waals surface area contributed by atoms with Crippen molar-refractivity contribution in [1.29, 1.82) is 5.41 Å². The summed E-state index contributed by atoms with van der Waals surface area (Å²) in [5.74, 6) is 1.43. The molecule has 202 valence electrons. The summed E-state index contributed by atoms with van der Waals surface area (Å²) in [4.78, 5) is 17.6. The number of halogens is 1. The van der Waals surface area contributed by atoms with Crippen molar-refractivity contribution in [3.8, 4) is 11.5 Å². The molecule has 2 aromatic rings. The first-order chi connectivity index (χ1) is 16.7. The zero-order valence-corrected chi connectivity index (χ0v) is 25.0. The number of benzene rings is 2. The Kier molecular flexibility index (Phi) is 8.50. The van der Waals surface area contributed by atoms with Gasteiger partial charge in [-0.3, -0.25) is 10.2 Å². The lowest BCUT2D eigenvalue weighted by atomic mass is 9.78. The van der Waals surface area contributed by atoms with E-state index in [0.717, 1.165) is 53.9 Å². The molecule has 6 nitrogen and oxygen atoms in total. The second-order valence-electron chi connectivity index (χ2n) is 12.5. The Morgan fingerprint density at radius 2 is 1.59 bits per heavy atom. The number of ketones is 1. The molecule has 4 rings (SSSR count). The average molecular weight is 573 g/mol. The van der Waals surface area contributed by atoms with Crippen LogP contribution in [0.25, 0.3) is 0 Å². The first-order valence-corrected chi connectivity index (χ1v) is 13.0.